The van der Waals surface area contributed by atoms with Crippen LogP contribution in [0.3, 0.4) is 0 Å². The van der Waals surface area contributed by atoms with Crippen molar-refractivity contribution in [1.82, 2.24) is 14.8 Å². The zero-order valence-electron chi connectivity index (χ0n) is 20.0. The highest BCUT2D eigenvalue weighted by molar-refractivity contribution is 5.95. The van der Waals surface area contributed by atoms with Gasteiger partial charge in [-0.1, -0.05) is 48.5 Å². The van der Waals surface area contributed by atoms with Crippen LogP contribution in [0.4, 0.5) is 0 Å². The number of amides is 2. The molecule has 0 atom stereocenters. The van der Waals surface area contributed by atoms with Crippen LogP contribution in [0.5, 0.6) is 0 Å². The van der Waals surface area contributed by atoms with Gasteiger partial charge < -0.3 is 14.8 Å². The number of likely N-dealkylation sites (tertiary alicyclic amines) is 1. The van der Waals surface area contributed by atoms with Gasteiger partial charge in [0, 0.05) is 43.5 Å². The van der Waals surface area contributed by atoms with Crippen molar-refractivity contribution in [3.05, 3.63) is 82.7 Å². The third-order valence-electron chi connectivity index (χ3n) is 6.51. The first kappa shape index (κ1) is 22.8. The van der Waals surface area contributed by atoms with Crippen LogP contribution >= 0.6 is 0 Å². The van der Waals surface area contributed by atoms with E-state index in [2.05, 4.69) is 60.1 Å². The third-order valence-corrected chi connectivity index (χ3v) is 6.51. The Morgan fingerprint density at radius 3 is 2.42 bits per heavy atom. The number of aryl methyl sites for hydroxylation is 1. The van der Waals surface area contributed by atoms with Crippen LogP contribution in [0.25, 0.3) is 11.1 Å². The second-order valence-corrected chi connectivity index (χ2v) is 9.20. The summed E-state index contributed by atoms with van der Waals surface area (Å²) in [4.78, 5) is 26.8. The zero-order chi connectivity index (χ0) is 23.5. The molecule has 0 bridgehead atoms. The maximum atomic E-state index is 13.0. The number of carbonyl (C=O) groups excluding carboxylic acids is 2. The molecule has 0 unspecified atom stereocenters. The molecule has 33 heavy (non-hydrogen) atoms. The minimum atomic E-state index is -0.0459. The minimum absolute atomic E-state index is 0.0459. The molecule has 1 N–H and O–H groups in total. The molecule has 2 amide bonds. The van der Waals surface area contributed by atoms with Crippen LogP contribution in [0.1, 0.15) is 65.6 Å². The highest BCUT2D eigenvalue weighted by Crippen LogP contribution is 2.26. The summed E-state index contributed by atoms with van der Waals surface area (Å²) >= 11 is 0. The Labute approximate surface area is 196 Å². The van der Waals surface area contributed by atoms with Crippen LogP contribution in [-0.2, 0) is 17.9 Å². The Morgan fingerprint density at radius 1 is 1.06 bits per heavy atom. The number of hydrogen-bond acceptors (Lipinski definition) is 2. The Bertz CT molecular complexity index is 1160. The number of aromatic nitrogens is 1. The fraction of sp³-hybridized carbons (Fsp3) is 0.357. The molecule has 4 rings (SSSR count). The molecule has 2 heterocycles. The number of hydrogen-bond donors (Lipinski definition) is 1. The van der Waals surface area contributed by atoms with Gasteiger partial charge in [0.25, 0.3) is 5.91 Å². The molecule has 1 fully saturated rings. The first-order valence-electron chi connectivity index (χ1n) is 11.8. The number of benzene rings is 2. The van der Waals surface area contributed by atoms with Crippen molar-refractivity contribution in [2.24, 2.45) is 0 Å². The van der Waals surface area contributed by atoms with Crippen molar-refractivity contribution in [1.29, 1.82) is 0 Å². The van der Waals surface area contributed by atoms with Gasteiger partial charge in [-0.3, -0.25) is 9.59 Å². The topological polar surface area (TPSA) is 54.3 Å². The molecule has 1 saturated heterocycles. The lowest BCUT2D eigenvalue weighted by molar-refractivity contribution is -0.128. The molecule has 0 aliphatic carbocycles. The van der Waals surface area contributed by atoms with Gasteiger partial charge in [0.2, 0.25) is 5.91 Å². The van der Waals surface area contributed by atoms with Crippen molar-refractivity contribution < 1.29 is 9.59 Å². The van der Waals surface area contributed by atoms with Gasteiger partial charge in [-0.25, -0.2) is 0 Å². The van der Waals surface area contributed by atoms with Gasteiger partial charge in [0.15, 0.2) is 0 Å². The van der Waals surface area contributed by atoms with Crippen molar-refractivity contribution in [3.63, 3.8) is 0 Å². The number of rotatable bonds is 7. The smallest absolute Gasteiger partial charge is 0.253 e. The highest BCUT2D eigenvalue weighted by atomic mass is 16.2. The number of nitrogens with one attached hydrogen (secondary N) is 1. The van der Waals surface area contributed by atoms with Gasteiger partial charge in [0.1, 0.15) is 0 Å². The second kappa shape index (κ2) is 9.65. The molecule has 0 radical (unpaired) electrons. The Morgan fingerprint density at radius 2 is 1.79 bits per heavy atom. The number of carbonyl (C=O) groups is 2. The van der Waals surface area contributed by atoms with E-state index >= 15 is 0 Å². The van der Waals surface area contributed by atoms with Gasteiger partial charge in [-0.2, -0.15) is 0 Å². The van der Waals surface area contributed by atoms with Crippen LogP contribution in [0, 0.1) is 13.8 Å². The Balaban J connectivity index is 1.47. The second-order valence-electron chi connectivity index (χ2n) is 9.20. The van der Waals surface area contributed by atoms with E-state index in [9.17, 15) is 9.59 Å². The van der Waals surface area contributed by atoms with E-state index in [4.69, 9.17) is 0 Å². The fourth-order valence-corrected chi connectivity index (χ4v) is 4.91. The average molecular weight is 444 g/mol. The summed E-state index contributed by atoms with van der Waals surface area (Å²) in [6.45, 7) is 10.3. The van der Waals surface area contributed by atoms with E-state index in [1.807, 2.05) is 36.9 Å². The minimum Gasteiger partial charge on any atom is -0.348 e. The summed E-state index contributed by atoms with van der Waals surface area (Å²) in [5, 5.41) is 3.11. The summed E-state index contributed by atoms with van der Waals surface area (Å²) in [6.07, 6.45) is 1.62. The quantitative estimate of drug-likeness (QED) is 0.531. The molecule has 0 spiro atoms. The standard InChI is InChI=1S/C28H33N3O2/c1-19(2)31-20(3)16-26(21(31)4)28(33)29-17-24-8-5-6-9-25(24)23-13-11-22(12-14-23)18-30-15-7-10-27(30)32/h5-6,8-9,11-14,16,19H,7,10,15,17-18H2,1-4H3,(H,29,33). The molecule has 1 aliphatic rings. The SMILES string of the molecule is Cc1cc(C(=O)NCc2ccccc2-c2ccc(CN3CCCC3=O)cc2)c(C)n1C(C)C. The van der Waals surface area contributed by atoms with Crippen molar-refractivity contribution in [2.45, 2.75) is 59.7 Å². The van der Waals surface area contributed by atoms with Crippen LogP contribution < -0.4 is 5.32 Å². The van der Waals surface area contributed by atoms with Crippen molar-refractivity contribution in [3.8, 4) is 11.1 Å². The summed E-state index contributed by atoms with van der Waals surface area (Å²) in [6, 6.07) is 18.9. The van der Waals surface area contributed by atoms with Gasteiger partial charge in [0.05, 0.1) is 5.56 Å². The van der Waals surface area contributed by atoms with E-state index in [-0.39, 0.29) is 11.8 Å². The van der Waals surface area contributed by atoms with E-state index in [1.165, 1.54) is 0 Å². The van der Waals surface area contributed by atoms with E-state index in [0.29, 0.717) is 25.6 Å². The predicted octanol–water partition coefficient (Wildman–Crippen LogP) is 5.41. The molecular formula is C28H33N3O2. The monoisotopic (exact) mass is 443 g/mol. The first-order valence-corrected chi connectivity index (χ1v) is 11.8. The maximum Gasteiger partial charge on any atom is 0.253 e. The summed E-state index contributed by atoms with van der Waals surface area (Å²) < 4.78 is 2.19. The molecule has 3 aromatic rings. The lowest BCUT2D eigenvalue weighted by atomic mass is 9.98. The molecule has 1 aromatic heterocycles. The van der Waals surface area contributed by atoms with Gasteiger partial charge >= 0.3 is 0 Å². The molecular weight excluding hydrogens is 410 g/mol. The lowest BCUT2D eigenvalue weighted by Crippen LogP contribution is -2.24. The average Bonchev–Trinajstić information content (AvgIpc) is 3.34. The lowest BCUT2D eigenvalue weighted by Gasteiger charge is -2.16. The first-order chi connectivity index (χ1) is 15.8. The van der Waals surface area contributed by atoms with Crippen LogP contribution in [-0.4, -0.2) is 27.8 Å². The Hall–Kier alpha value is -3.34. The summed E-state index contributed by atoms with van der Waals surface area (Å²) in [5.41, 5.74) is 7.26. The molecule has 1 aliphatic heterocycles. The van der Waals surface area contributed by atoms with Crippen LogP contribution in [0.2, 0.25) is 0 Å². The molecule has 5 heteroatoms. The zero-order valence-corrected chi connectivity index (χ0v) is 20.0. The molecule has 2 aromatic carbocycles. The maximum absolute atomic E-state index is 13.0. The molecule has 5 nitrogen and oxygen atoms in total. The van der Waals surface area contributed by atoms with Gasteiger partial charge in [-0.15, -0.1) is 0 Å². The van der Waals surface area contributed by atoms with E-state index in [1.54, 1.807) is 0 Å². The Kier molecular flexibility index (Phi) is 6.68. The van der Waals surface area contributed by atoms with E-state index < -0.39 is 0 Å². The highest BCUT2D eigenvalue weighted by Gasteiger charge is 2.20. The molecule has 0 saturated carbocycles. The summed E-state index contributed by atoms with van der Waals surface area (Å²) in [7, 11) is 0. The van der Waals surface area contributed by atoms with Crippen molar-refractivity contribution in [2.75, 3.05) is 6.54 Å². The van der Waals surface area contributed by atoms with Crippen LogP contribution in [0.15, 0.2) is 54.6 Å². The largest absolute Gasteiger partial charge is 0.348 e. The predicted molar refractivity (Wildman–Crippen MR) is 132 cm³/mol. The number of nitrogens with zero attached hydrogens (tertiary/aromatic N) is 2. The normalized spacial score (nSPS) is 13.7. The van der Waals surface area contributed by atoms with E-state index in [0.717, 1.165) is 52.2 Å². The molecule has 172 valence electrons. The fourth-order valence-electron chi connectivity index (χ4n) is 4.91. The summed E-state index contributed by atoms with van der Waals surface area (Å²) in [5.74, 6) is 0.199. The van der Waals surface area contributed by atoms with Gasteiger partial charge in [-0.05, 0) is 62.4 Å². The van der Waals surface area contributed by atoms with Crippen molar-refractivity contribution >= 4 is 11.8 Å². The third kappa shape index (κ3) is 4.87.